The van der Waals surface area contributed by atoms with Crippen LogP contribution in [0.1, 0.15) is 37.4 Å². The van der Waals surface area contributed by atoms with Crippen molar-refractivity contribution in [2.24, 2.45) is 0 Å². The Bertz CT molecular complexity index is 1130. The molecule has 0 saturated heterocycles. The van der Waals surface area contributed by atoms with E-state index in [1.54, 1.807) is 31.2 Å². The Kier molecular flexibility index (Phi) is 5.42. The van der Waals surface area contributed by atoms with Gasteiger partial charge < -0.3 is 4.57 Å². The molecule has 1 aromatic heterocycles. The number of rotatable bonds is 5. The monoisotopic (exact) mass is 426 g/mol. The predicted molar refractivity (Wildman–Crippen MR) is 111 cm³/mol. The lowest BCUT2D eigenvalue weighted by atomic mass is 9.99. The number of hydrogen-bond donors (Lipinski definition) is 1. The van der Waals surface area contributed by atoms with E-state index in [-0.39, 0.29) is 16.6 Å². The molecule has 0 radical (unpaired) electrons. The lowest BCUT2D eigenvalue weighted by Gasteiger charge is -2.10. The molecule has 1 N–H and O–H groups in total. The van der Waals surface area contributed by atoms with Crippen LogP contribution in [0.3, 0.4) is 0 Å². The third-order valence-electron chi connectivity index (χ3n) is 4.56. The van der Waals surface area contributed by atoms with Gasteiger partial charge in [0.25, 0.3) is 6.43 Å². The summed E-state index contributed by atoms with van der Waals surface area (Å²) in [5, 5.41) is 0.916. The Morgan fingerprint density at radius 2 is 1.82 bits per heavy atom. The number of nitrogens with zero attached hydrogens (tertiary/aromatic N) is 1. The molecule has 0 bridgehead atoms. The molecule has 0 spiro atoms. The van der Waals surface area contributed by atoms with Gasteiger partial charge in [0.05, 0.1) is 22.5 Å². The highest BCUT2D eigenvalue weighted by molar-refractivity contribution is 7.92. The second kappa shape index (κ2) is 7.37. The van der Waals surface area contributed by atoms with Crippen molar-refractivity contribution in [3.8, 4) is 11.1 Å². The minimum atomic E-state index is -3.40. The van der Waals surface area contributed by atoms with E-state index in [1.807, 2.05) is 30.7 Å². The van der Waals surface area contributed by atoms with E-state index in [9.17, 15) is 17.2 Å². The molecule has 8 heteroatoms. The van der Waals surface area contributed by atoms with Gasteiger partial charge in [-0.2, -0.15) is 0 Å². The molecule has 4 nitrogen and oxygen atoms in total. The van der Waals surface area contributed by atoms with Crippen LogP contribution in [0.2, 0.25) is 5.02 Å². The fourth-order valence-electron chi connectivity index (χ4n) is 3.37. The second-order valence-electron chi connectivity index (χ2n) is 7.14. The Labute approximate surface area is 168 Å². The van der Waals surface area contributed by atoms with Gasteiger partial charge in [-0.05, 0) is 50.1 Å². The molecule has 0 saturated carbocycles. The Balaban J connectivity index is 2.22. The summed E-state index contributed by atoms with van der Waals surface area (Å²) in [5.41, 5.74) is 3.16. The van der Waals surface area contributed by atoms with Crippen molar-refractivity contribution in [3.05, 3.63) is 52.7 Å². The fraction of sp³-hybridized carbons (Fsp3) is 0.300. The van der Waals surface area contributed by atoms with Gasteiger partial charge >= 0.3 is 0 Å². The normalized spacial score (nSPS) is 12.3. The first-order valence-corrected chi connectivity index (χ1v) is 11.0. The van der Waals surface area contributed by atoms with Crippen LogP contribution in [0.4, 0.5) is 14.5 Å². The smallest absolute Gasteiger partial charge is 0.265 e. The molecular formula is C20H21ClF2N2O2S. The van der Waals surface area contributed by atoms with Crippen LogP contribution in [0.15, 0.2) is 36.5 Å². The number of alkyl halides is 2. The number of fused-ring (bicyclic) bond motifs is 1. The molecule has 3 rings (SSSR count). The molecule has 1 heterocycles. The zero-order valence-electron chi connectivity index (χ0n) is 15.9. The van der Waals surface area contributed by atoms with Crippen molar-refractivity contribution in [1.29, 1.82) is 0 Å². The van der Waals surface area contributed by atoms with Gasteiger partial charge in [-0.15, -0.1) is 0 Å². The highest BCUT2D eigenvalue weighted by Gasteiger charge is 2.19. The zero-order valence-corrected chi connectivity index (χ0v) is 17.5. The summed E-state index contributed by atoms with van der Waals surface area (Å²) in [7, 11) is -3.40. The highest BCUT2D eigenvalue weighted by Crippen LogP contribution is 2.39. The molecule has 2 aromatic carbocycles. The number of aromatic nitrogens is 1. The average molecular weight is 427 g/mol. The number of halogens is 3. The summed E-state index contributed by atoms with van der Waals surface area (Å²) < 4.78 is 54.0. The average Bonchev–Trinajstić information content (AvgIpc) is 2.91. The van der Waals surface area contributed by atoms with E-state index >= 15 is 0 Å². The molecule has 0 unspecified atom stereocenters. The lowest BCUT2D eigenvalue weighted by Crippen LogP contribution is -2.09. The quantitative estimate of drug-likeness (QED) is 0.531. The van der Waals surface area contributed by atoms with Gasteiger partial charge in [0, 0.05) is 28.8 Å². The van der Waals surface area contributed by atoms with Crippen LogP contribution in [-0.4, -0.2) is 19.2 Å². The predicted octanol–water partition coefficient (Wildman–Crippen LogP) is 6.16. The first-order chi connectivity index (χ1) is 13.0. The van der Waals surface area contributed by atoms with Crippen molar-refractivity contribution >= 4 is 38.2 Å². The summed E-state index contributed by atoms with van der Waals surface area (Å²) >= 11 is 6.13. The molecule has 0 atom stereocenters. The van der Waals surface area contributed by atoms with Crippen molar-refractivity contribution in [3.63, 3.8) is 0 Å². The molecule has 150 valence electrons. The van der Waals surface area contributed by atoms with Crippen molar-refractivity contribution in [2.45, 2.75) is 33.2 Å². The summed E-state index contributed by atoms with van der Waals surface area (Å²) in [6.07, 6.45) is 0.398. The Hall–Kier alpha value is -2.12. The minimum absolute atomic E-state index is 0.0332. The van der Waals surface area contributed by atoms with Crippen LogP contribution in [0, 0.1) is 6.92 Å². The third-order valence-corrected chi connectivity index (χ3v) is 5.48. The maximum atomic E-state index is 13.2. The van der Waals surface area contributed by atoms with Gasteiger partial charge in [-0.1, -0.05) is 23.7 Å². The Morgan fingerprint density at radius 3 is 2.36 bits per heavy atom. The molecule has 0 amide bonds. The van der Waals surface area contributed by atoms with E-state index in [1.165, 1.54) is 0 Å². The van der Waals surface area contributed by atoms with Crippen molar-refractivity contribution in [2.75, 3.05) is 11.0 Å². The number of hydrogen-bond acceptors (Lipinski definition) is 2. The first-order valence-electron chi connectivity index (χ1n) is 8.69. The maximum Gasteiger partial charge on any atom is 0.265 e. The maximum absolute atomic E-state index is 13.2. The standard InChI is InChI=1S/C20H21ClF2N2O2S/c1-11(2)25-10-16(13-7-12(3)19(20(22)23)17(21)8-13)15-6-5-14(9-18(15)25)24-28(4,26)27/h5-11,20,24H,1-4H3. The van der Waals surface area contributed by atoms with Crippen LogP contribution in [0.25, 0.3) is 22.0 Å². The topological polar surface area (TPSA) is 51.1 Å². The number of aryl methyl sites for hydroxylation is 1. The summed E-state index contributed by atoms with van der Waals surface area (Å²) in [4.78, 5) is 0. The van der Waals surface area contributed by atoms with E-state index < -0.39 is 16.4 Å². The summed E-state index contributed by atoms with van der Waals surface area (Å²) in [6, 6.07) is 8.64. The summed E-state index contributed by atoms with van der Waals surface area (Å²) in [5.74, 6) is 0. The van der Waals surface area contributed by atoms with Crippen LogP contribution in [0.5, 0.6) is 0 Å². The fourth-order valence-corrected chi connectivity index (χ4v) is 4.28. The molecule has 0 aliphatic rings. The van der Waals surface area contributed by atoms with Crippen molar-refractivity contribution < 1.29 is 17.2 Å². The number of nitrogens with one attached hydrogen (secondary N) is 1. The lowest BCUT2D eigenvalue weighted by molar-refractivity contribution is 0.151. The van der Waals surface area contributed by atoms with Gasteiger partial charge in [0.2, 0.25) is 10.0 Å². The van der Waals surface area contributed by atoms with E-state index in [2.05, 4.69) is 4.72 Å². The molecular weight excluding hydrogens is 406 g/mol. The van der Waals surface area contributed by atoms with Gasteiger partial charge in [-0.25, -0.2) is 17.2 Å². The SMILES string of the molecule is Cc1cc(-c2cn(C(C)C)c3cc(NS(C)(=O)=O)ccc23)cc(Cl)c1C(F)F. The van der Waals surface area contributed by atoms with Gasteiger partial charge in [0.15, 0.2) is 0 Å². The van der Waals surface area contributed by atoms with Crippen molar-refractivity contribution in [1.82, 2.24) is 4.57 Å². The number of sulfonamides is 1. The largest absolute Gasteiger partial charge is 0.344 e. The van der Waals surface area contributed by atoms with E-state index in [0.29, 0.717) is 11.3 Å². The van der Waals surface area contributed by atoms with Crippen LogP contribution >= 0.6 is 11.6 Å². The van der Waals surface area contributed by atoms with Crippen LogP contribution < -0.4 is 4.72 Å². The van der Waals surface area contributed by atoms with E-state index in [4.69, 9.17) is 11.6 Å². The molecule has 0 aliphatic heterocycles. The van der Waals surface area contributed by atoms with E-state index in [0.717, 1.165) is 28.3 Å². The molecule has 28 heavy (non-hydrogen) atoms. The zero-order chi connectivity index (χ0) is 20.8. The molecule has 0 aliphatic carbocycles. The molecule has 0 fully saturated rings. The highest BCUT2D eigenvalue weighted by atomic mass is 35.5. The van der Waals surface area contributed by atoms with Gasteiger partial charge in [-0.3, -0.25) is 4.72 Å². The Morgan fingerprint density at radius 1 is 1.14 bits per heavy atom. The first kappa shape index (κ1) is 20.6. The summed E-state index contributed by atoms with van der Waals surface area (Å²) in [6.45, 7) is 5.64. The third kappa shape index (κ3) is 4.00. The number of anilines is 1. The minimum Gasteiger partial charge on any atom is -0.344 e. The molecule has 3 aromatic rings. The number of benzene rings is 2. The second-order valence-corrected chi connectivity index (χ2v) is 9.29. The van der Waals surface area contributed by atoms with Gasteiger partial charge in [0.1, 0.15) is 0 Å². The van der Waals surface area contributed by atoms with Crippen LogP contribution in [-0.2, 0) is 10.0 Å².